The fraction of sp³-hybridized carbons (Fsp3) is 0.294. The number of hydrogen-bond donors (Lipinski definition) is 1. The van der Waals surface area contributed by atoms with Crippen LogP contribution in [0.5, 0.6) is 11.5 Å². The third kappa shape index (κ3) is 5.45. The lowest BCUT2D eigenvalue weighted by molar-refractivity contribution is 0.00548. The molecular weight excluding hydrogens is 268 g/mol. The molecule has 0 bridgehead atoms. The molecule has 0 aliphatic heterocycles. The number of hydrogen-bond acceptors (Lipinski definition) is 4. The van der Waals surface area contributed by atoms with Crippen LogP contribution in [-0.2, 0) is 11.3 Å². The zero-order valence-corrected chi connectivity index (χ0v) is 12.1. The zero-order chi connectivity index (χ0) is 14.9. The predicted octanol–water partition coefficient (Wildman–Crippen LogP) is 2.65. The maximum Gasteiger partial charge on any atom is 0.119 e. The highest BCUT2D eigenvalue weighted by molar-refractivity contribution is 5.31. The highest BCUT2D eigenvalue weighted by Gasteiger charge is 2.06. The van der Waals surface area contributed by atoms with Crippen LogP contribution in [0.4, 0.5) is 0 Å². The molecule has 1 N–H and O–H groups in total. The van der Waals surface area contributed by atoms with Crippen LogP contribution in [0.2, 0.25) is 0 Å². The smallest absolute Gasteiger partial charge is 0.119 e. The first-order valence-electron chi connectivity index (χ1n) is 6.84. The molecule has 0 spiro atoms. The van der Waals surface area contributed by atoms with E-state index in [0.29, 0.717) is 12.4 Å². The molecule has 0 heterocycles. The molecule has 4 heteroatoms. The molecule has 0 amide bonds. The average molecular weight is 288 g/mol. The van der Waals surface area contributed by atoms with Crippen molar-refractivity contribution in [2.75, 3.05) is 20.3 Å². The monoisotopic (exact) mass is 288 g/mol. The van der Waals surface area contributed by atoms with Gasteiger partial charge in [0, 0.05) is 0 Å². The van der Waals surface area contributed by atoms with Crippen LogP contribution < -0.4 is 9.47 Å². The minimum Gasteiger partial charge on any atom is -0.497 e. The van der Waals surface area contributed by atoms with Crippen LogP contribution in [0.3, 0.4) is 0 Å². The van der Waals surface area contributed by atoms with Crippen LogP contribution in [0, 0.1) is 0 Å². The Bertz CT molecular complexity index is 510. The molecule has 0 saturated heterocycles. The van der Waals surface area contributed by atoms with Crippen molar-refractivity contribution < 1.29 is 19.3 Å². The molecule has 1 atom stereocenters. The van der Waals surface area contributed by atoms with Crippen LogP contribution in [0.1, 0.15) is 5.56 Å². The normalized spacial score (nSPS) is 11.9. The topological polar surface area (TPSA) is 47.9 Å². The van der Waals surface area contributed by atoms with E-state index in [9.17, 15) is 5.11 Å². The van der Waals surface area contributed by atoms with E-state index in [4.69, 9.17) is 14.2 Å². The Balaban J connectivity index is 1.66. The summed E-state index contributed by atoms with van der Waals surface area (Å²) in [5.41, 5.74) is 1.08. The van der Waals surface area contributed by atoms with Gasteiger partial charge in [-0.1, -0.05) is 30.3 Å². The van der Waals surface area contributed by atoms with Crippen LogP contribution >= 0.6 is 0 Å². The Kier molecular flexibility index (Phi) is 6.06. The number of aliphatic hydroxyl groups is 1. The first-order chi connectivity index (χ1) is 10.3. The Hall–Kier alpha value is -2.04. The van der Waals surface area contributed by atoms with Gasteiger partial charge < -0.3 is 19.3 Å². The predicted molar refractivity (Wildman–Crippen MR) is 80.6 cm³/mol. The fourth-order valence-electron chi connectivity index (χ4n) is 1.80. The van der Waals surface area contributed by atoms with E-state index in [0.717, 1.165) is 11.3 Å². The third-order valence-corrected chi connectivity index (χ3v) is 2.92. The number of benzene rings is 2. The average Bonchev–Trinajstić information content (AvgIpc) is 2.54. The molecule has 4 nitrogen and oxygen atoms in total. The van der Waals surface area contributed by atoms with Crippen molar-refractivity contribution in [3.8, 4) is 11.5 Å². The van der Waals surface area contributed by atoms with Crippen molar-refractivity contribution in [1.29, 1.82) is 0 Å². The number of ether oxygens (including phenoxy) is 3. The molecular formula is C17H20O4. The molecule has 0 saturated carbocycles. The number of rotatable bonds is 8. The lowest BCUT2D eigenvalue weighted by atomic mass is 10.2. The first-order valence-corrected chi connectivity index (χ1v) is 6.84. The molecule has 0 radical (unpaired) electrons. The Morgan fingerprint density at radius 3 is 2.24 bits per heavy atom. The maximum absolute atomic E-state index is 9.81. The molecule has 2 aromatic carbocycles. The van der Waals surface area contributed by atoms with Gasteiger partial charge in [0.1, 0.15) is 24.2 Å². The Labute approximate surface area is 124 Å². The largest absolute Gasteiger partial charge is 0.497 e. The van der Waals surface area contributed by atoms with E-state index in [1.165, 1.54) is 0 Å². The van der Waals surface area contributed by atoms with Gasteiger partial charge >= 0.3 is 0 Å². The summed E-state index contributed by atoms with van der Waals surface area (Å²) >= 11 is 0. The van der Waals surface area contributed by atoms with Crippen LogP contribution in [0.25, 0.3) is 0 Å². The minimum atomic E-state index is -0.657. The maximum atomic E-state index is 9.81. The first kappa shape index (κ1) is 15.4. The van der Waals surface area contributed by atoms with E-state index >= 15 is 0 Å². The van der Waals surface area contributed by atoms with E-state index in [2.05, 4.69) is 0 Å². The highest BCUT2D eigenvalue weighted by atomic mass is 16.5. The second kappa shape index (κ2) is 8.29. The lowest BCUT2D eigenvalue weighted by Crippen LogP contribution is -2.23. The van der Waals surface area contributed by atoms with Crippen molar-refractivity contribution in [3.63, 3.8) is 0 Å². The Morgan fingerprint density at radius 2 is 1.57 bits per heavy atom. The summed E-state index contributed by atoms with van der Waals surface area (Å²) in [6, 6.07) is 17.1. The van der Waals surface area contributed by atoms with Gasteiger partial charge in [-0.25, -0.2) is 0 Å². The summed E-state index contributed by atoms with van der Waals surface area (Å²) in [5, 5.41) is 9.81. The lowest BCUT2D eigenvalue weighted by Gasteiger charge is -2.13. The van der Waals surface area contributed by atoms with Gasteiger partial charge in [0.05, 0.1) is 20.3 Å². The van der Waals surface area contributed by atoms with Gasteiger partial charge in [0.15, 0.2) is 0 Å². The van der Waals surface area contributed by atoms with Crippen molar-refractivity contribution >= 4 is 0 Å². The molecule has 2 rings (SSSR count). The van der Waals surface area contributed by atoms with Crippen LogP contribution in [0.15, 0.2) is 54.6 Å². The second-order valence-corrected chi connectivity index (χ2v) is 4.64. The number of methoxy groups -OCH3 is 1. The fourth-order valence-corrected chi connectivity index (χ4v) is 1.80. The van der Waals surface area contributed by atoms with Crippen molar-refractivity contribution in [2.45, 2.75) is 12.7 Å². The summed E-state index contributed by atoms with van der Waals surface area (Å²) < 4.78 is 16.0. The van der Waals surface area contributed by atoms with Crippen molar-refractivity contribution in [2.24, 2.45) is 0 Å². The molecule has 0 unspecified atom stereocenters. The van der Waals surface area contributed by atoms with Gasteiger partial charge in [-0.05, 0) is 29.8 Å². The molecule has 0 aliphatic carbocycles. The van der Waals surface area contributed by atoms with Crippen molar-refractivity contribution in [1.82, 2.24) is 0 Å². The van der Waals surface area contributed by atoms with Gasteiger partial charge in [-0.2, -0.15) is 0 Å². The third-order valence-electron chi connectivity index (χ3n) is 2.92. The minimum absolute atomic E-state index is 0.196. The zero-order valence-electron chi connectivity index (χ0n) is 12.1. The van der Waals surface area contributed by atoms with Gasteiger partial charge in [0.25, 0.3) is 0 Å². The van der Waals surface area contributed by atoms with E-state index in [-0.39, 0.29) is 13.2 Å². The molecule has 112 valence electrons. The molecule has 0 fully saturated rings. The van der Waals surface area contributed by atoms with Crippen LogP contribution in [-0.4, -0.2) is 31.5 Å². The highest BCUT2D eigenvalue weighted by Crippen LogP contribution is 2.17. The summed E-state index contributed by atoms with van der Waals surface area (Å²) in [4.78, 5) is 0. The van der Waals surface area contributed by atoms with E-state index in [1.807, 2.05) is 42.5 Å². The van der Waals surface area contributed by atoms with Gasteiger partial charge in [0.2, 0.25) is 0 Å². The Morgan fingerprint density at radius 1 is 0.905 bits per heavy atom. The van der Waals surface area contributed by atoms with Gasteiger partial charge in [-0.3, -0.25) is 0 Å². The summed E-state index contributed by atoms with van der Waals surface area (Å²) in [7, 11) is 1.61. The van der Waals surface area contributed by atoms with Gasteiger partial charge in [-0.15, -0.1) is 0 Å². The summed E-state index contributed by atoms with van der Waals surface area (Å²) in [5.74, 6) is 1.46. The number of aliphatic hydroxyl groups excluding tert-OH is 1. The second-order valence-electron chi connectivity index (χ2n) is 4.64. The van der Waals surface area contributed by atoms with E-state index < -0.39 is 6.10 Å². The molecule has 0 aromatic heterocycles. The molecule has 21 heavy (non-hydrogen) atoms. The molecule has 0 aliphatic rings. The molecule has 2 aromatic rings. The van der Waals surface area contributed by atoms with Crippen molar-refractivity contribution in [3.05, 3.63) is 60.2 Å². The van der Waals surface area contributed by atoms with E-state index in [1.54, 1.807) is 19.2 Å². The SMILES string of the molecule is COc1ccc(OC[C@H](O)COCc2ccccc2)cc1. The summed E-state index contributed by atoms with van der Waals surface area (Å²) in [6.45, 7) is 0.923. The summed E-state index contributed by atoms with van der Waals surface area (Å²) in [6.07, 6.45) is -0.657. The standard InChI is InChI=1S/C17H20O4/c1-19-16-7-9-17(10-8-16)21-13-15(18)12-20-11-14-5-3-2-4-6-14/h2-10,15,18H,11-13H2,1H3/t15-/m1/s1. The quantitative estimate of drug-likeness (QED) is 0.811.